The number of rotatable bonds is 8. The van der Waals surface area contributed by atoms with Crippen molar-refractivity contribution in [3.05, 3.63) is 67.6 Å². The van der Waals surface area contributed by atoms with Gasteiger partial charge in [0.1, 0.15) is 18.0 Å². The Morgan fingerprint density at radius 2 is 1.94 bits per heavy atom. The fourth-order valence-corrected chi connectivity index (χ4v) is 2.94. The Hall–Kier alpha value is -4.29. The van der Waals surface area contributed by atoms with Gasteiger partial charge in [-0.3, -0.25) is 14.9 Å². The standard InChI is InChI=1S/C18H19N7O6/c1-11-4-5-15(12(2)6-11)31-10-22-8-14(7-19-22)20-16(26)9-23-13(3)17(24(27)28)18(21-23)25(29)30/h4-8H,9-10H2,1-3H3,(H,20,26). The van der Waals surface area contributed by atoms with Gasteiger partial charge in [0.2, 0.25) is 5.91 Å². The number of nitrogens with one attached hydrogen (secondary N) is 1. The highest BCUT2D eigenvalue weighted by atomic mass is 16.6. The van der Waals surface area contributed by atoms with E-state index in [1.807, 2.05) is 32.0 Å². The zero-order chi connectivity index (χ0) is 22.7. The van der Waals surface area contributed by atoms with E-state index < -0.39 is 33.8 Å². The van der Waals surface area contributed by atoms with E-state index in [4.69, 9.17) is 4.74 Å². The van der Waals surface area contributed by atoms with Crippen molar-refractivity contribution < 1.29 is 19.4 Å². The van der Waals surface area contributed by atoms with Gasteiger partial charge in [-0.2, -0.15) is 9.78 Å². The van der Waals surface area contributed by atoms with Gasteiger partial charge in [-0.05, 0) is 37.3 Å². The van der Waals surface area contributed by atoms with E-state index in [1.165, 1.54) is 17.8 Å². The second kappa shape index (κ2) is 8.61. The number of anilines is 1. The fraction of sp³-hybridized carbons (Fsp3) is 0.278. The fourth-order valence-electron chi connectivity index (χ4n) is 2.94. The number of carbonyl (C=O) groups excluding carboxylic acids is 1. The number of carbonyl (C=O) groups is 1. The maximum Gasteiger partial charge on any atom is 0.468 e. The van der Waals surface area contributed by atoms with Crippen molar-refractivity contribution in [2.24, 2.45) is 0 Å². The Kier molecular flexibility index (Phi) is 5.95. The van der Waals surface area contributed by atoms with Crippen LogP contribution in [0.25, 0.3) is 0 Å². The molecule has 0 saturated carbocycles. The van der Waals surface area contributed by atoms with Gasteiger partial charge >= 0.3 is 11.5 Å². The number of hydrogen-bond donors (Lipinski definition) is 1. The first-order valence-electron chi connectivity index (χ1n) is 9.04. The van der Waals surface area contributed by atoms with E-state index >= 15 is 0 Å². The normalized spacial score (nSPS) is 10.7. The SMILES string of the molecule is Cc1ccc(OCn2cc(NC(=O)Cn3nc([N+](=O)[O-])c([N+](=O)[O-])c3C)cn2)c(C)c1. The summed E-state index contributed by atoms with van der Waals surface area (Å²) in [6.45, 7) is 4.89. The minimum Gasteiger partial charge on any atom is -0.471 e. The molecule has 1 amide bonds. The van der Waals surface area contributed by atoms with Crippen LogP contribution in [0.3, 0.4) is 0 Å². The van der Waals surface area contributed by atoms with Crippen molar-refractivity contribution in [2.45, 2.75) is 34.0 Å². The highest BCUT2D eigenvalue weighted by molar-refractivity contribution is 5.90. The quantitative estimate of drug-likeness (QED) is 0.422. The lowest BCUT2D eigenvalue weighted by Gasteiger charge is -2.09. The lowest BCUT2D eigenvalue weighted by atomic mass is 10.1. The second-order valence-electron chi connectivity index (χ2n) is 6.79. The molecule has 0 aliphatic carbocycles. The van der Waals surface area contributed by atoms with Gasteiger partial charge in [-0.1, -0.05) is 17.7 Å². The number of benzene rings is 1. The van der Waals surface area contributed by atoms with Crippen molar-refractivity contribution >= 4 is 23.1 Å². The maximum absolute atomic E-state index is 12.3. The molecule has 1 N–H and O–H groups in total. The molecule has 13 heteroatoms. The largest absolute Gasteiger partial charge is 0.471 e. The van der Waals surface area contributed by atoms with Crippen molar-refractivity contribution in [1.29, 1.82) is 0 Å². The first-order valence-corrected chi connectivity index (χ1v) is 9.04. The highest BCUT2D eigenvalue weighted by Gasteiger charge is 2.35. The summed E-state index contributed by atoms with van der Waals surface area (Å²) in [7, 11) is 0. The average Bonchev–Trinajstić information content (AvgIpc) is 3.25. The summed E-state index contributed by atoms with van der Waals surface area (Å²) in [5.41, 5.74) is 1.64. The Labute approximate surface area is 175 Å². The van der Waals surface area contributed by atoms with Crippen molar-refractivity contribution in [3.8, 4) is 5.75 Å². The van der Waals surface area contributed by atoms with Crippen LogP contribution in [-0.2, 0) is 18.1 Å². The van der Waals surface area contributed by atoms with Crippen molar-refractivity contribution in [2.75, 3.05) is 5.32 Å². The zero-order valence-electron chi connectivity index (χ0n) is 16.9. The molecule has 3 aromatic rings. The van der Waals surface area contributed by atoms with Crippen LogP contribution >= 0.6 is 0 Å². The maximum atomic E-state index is 12.3. The summed E-state index contributed by atoms with van der Waals surface area (Å²) in [5, 5.41) is 32.3. The van der Waals surface area contributed by atoms with Gasteiger partial charge in [-0.25, -0.2) is 4.68 Å². The molecule has 2 aromatic heterocycles. The number of ether oxygens (including phenoxy) is 1. The highest BCUT2D eigenvalue weighted by Crippen LogP contribution is 2.29. The summed E-state index contributed by atoms with van der Waals surface area (Å²) in [4.78, 5) is 32.5. The van der Waals surface area contributed by atoms with Crippen molar-refractivity contribution in [1.82, 2.24) is 19.6 Å². The van der Waals surface area contributed by atoms with Gasteiger partial charge in [0.05, 0.1) is 28.1 Å². The van der Waals surface area contributed by atoms with Gasteiger partial charge in [-0.15, -0.1) is 0 Å². The molecule has 0 aliphatic heterocycles. The van der Waals surface area contributed by atoms with E-state index in [-0.39, 0.29) is 12.4 Å². The van der Waals surface area contributed by atoms with Crippen LogP contribution in [0.4, 0.5) is 17.2 Å². The Morgan fingerprint density at radius 1 is 1.19 bits per heavy atom. The number of nitrogens with zero attached hydrogens (tertiary/aromatic N) is 6. The molecule has 0 radical (unpaired) electrons. The van der Waals surface area contributed by atoms with Crippen molar-refractivity contribution in [3.63, 3.8) is 0 Å². The van der Waals surface area contributed by atoms with E-state index in [0.29, 0.717) is 11.4 Å². The molecule has 1 aromatic carbocycles. The molecule has 13 nitrogen and oxygen atoms in total. The van der Waals surface area contributed by atoms with Crippen LogP contribution in [-0.4, -0.2) is 35.3 Å². The average molecular weight is 429 g/mol. The topological polar surface area (TPSA) is 160 Å². The molecule has 31 heavy (non-hydrogen) atoms. The van der Waals surface area contributed by atoms with Crippen LogP contribution in [0.5, 0.6) is 5.75 Å². The number of hydrogen-bond acceptors (Lipinski definition) is 8. The minimum absolute atomic E-state index is 0.0931. The first kappa shape index (κ1) is 21.4. The molecule has 2 heterocycles. The molecule has 0 saturated heterocycles. The van der Waals surface area contributed by atoms with E-state index in [0.717, 1.165) is 15.8 Å². The second-order valence-corrected chi connectivity index (χ2v) is 6.79. The van der Waals surface area contributed by atoms with Crippen LogP contribution in [0.1, 0.15) is 16.8 Å². The molecule has 3 rings (SSSR count). The molecule has 0 unspecified atom stereocenters. The zero-order valence-corrected chi connectivity index (χ0v) is 16.9. The third kappa shape index (κ3) is 4.83. The van der Waals surface area contributed by atoms with E-state index in [1.54, 1.807) is 6.20 Å². The summed E-state index contributed by atoms with van der Waals surface area (Å²) < 4.78 is 8.11. The minimum atomic E-state index is -0.959. The summed E-state index contributed by atoms with van der Waals surface area (Å²) in [6, 6.07) is 5.79. The summed E-state index contributed by atoms with van der Waals surface area (Å²) in [5.74, 6) is -0.777. The molecule has 0 spiro atoms. The molecular formula is C18H19N7O6. The van der Waals surface area contributed by atoms with Crippen LogP contribution in [0.15, 0.2) is 30.6 Å². The summed E-state index contributed by atoms with van der Waals surface area (Å²) >= 11 is 0. The number of aromatic nitrogens is 4. The molecule has 0 atom stereocenters. The predicted molar refractivity (Wildman–Crippen MR) is 108 cm³/mol. The van der Waals surface area contributed by atoms with Crippen LogP contribution in [0, 0.1) is 41.0 Å². The third-order valence-corrected chi connectivity index (χ3v) is 4.41. The van der Waals surface area contributed by atoms with Gasteiger partial charge in [0, 0.05) is 0 Å². The molecular weight excluding hydrogens is 410 g/mol. The monoisotopic (exact) mass is 429 g/mol. The predicted octanol–water partition coefficient (Wildman–Crippen LogP) is 2.50. The molecule has 0 fully saturated rings. The summed E-state index contributed by atoms with van der Waals surface area (Å²) in [6.07, 6.45) is 2.95. The number of amides is 1. The Bertz CT molecular complexity index is 1170. The van der Waals surface area contributed by atoms with E-state index in [9.17, 15) is 25.0 Å². The first-order chi connectivity index (χ1) is 14.7. The van der Waals surface area contributed by atoms with Gasteiger partial charge in [0.15, 0.2) is 6.73 Å². The Balaban J connectivity index is 1.63. The lowest BCUT2D eigenvalue weighted by molar-refractivity contribution is -0.424. The molecule has 162 valence electrons. The number of aryl methyl sites for hydroxylation is 2. The molecule has 0 bridgehead atoms. The van der Waals surface area contributed by atoms with Gasteiger partial charge < -0.3 is 20.2 Å². The number of nitro groups is 2. The smallest absolute Gasteiger partial charge is 0.468 e. The van der Waals surface area contributed by atoms with Crippen LogP contribution in [0.2, 0.25) is 0 Å². The van der Waals surface area contributed by atoms with Crippen LogP contribution < -0.4 is 10.1 Å². The third-order valence-electron chi connectivity index (χ3n) is 4.41. The lowest BCUT2D eigenvalue weighted by Crippen LogP contribution is -2.20. The van der Waals surface area contributed by atoms with E-state index in [2.05, 4.69) is 15.5 Å². The molecule has 0 aliphatic rings. The van der Waals surface area contributed by atoms with Gasteiger partial charge in [0.25, 0.3) is 0 Å². The Morgan fingerprint density at radius 3 is 2.55 bits per heavy atom.